The molecule has 0 saturated heterocycles. The predicted molar refractivity (Wildman–Crippen MR) is 129 cm³/mol. The monoisotopic (exact) mass is 534 g/mol. The molecule has 0 saturated carbocycles. The SMILES string of the molecule is CS(=O)(=O)N(CC(=O)Nc1ccc(Cl)cc1C(=O)c1ccccc1)Cc1ccc(Br)cc1. The van der Waals surface area contributed by atoms with Crippen LogP contribution in [0.4, 0.5) is 5.69 Å². The minimum atomic E-state index is -3.66. The third-order valence-corrected chi connectivity index (χ3v) is 6.56. The van der Waals surface area contributed by atoms with Gasteiger partial charge in [-0.25, -0.2) is 8.42 Å². The first-order valence-corrected chi connectivity index (χ1v) is 12.5. The highest BCUT2D eigenvalue weighted by Crippen LogP contribution is 2.24. The Kier molecular flexibility index (Phi) is 7.84. The molecule has 0 aliphatic carbocycles. The molecule has 0 radical (unpaired) electrons. The van der Waals surface area contributed by atoms with Gasteiger partial charge in [0.2, 0.25) is 15.9 Å². The van der Waals surface area contributed by atoms with Crippen LogP contribution in [0.2, 0.25) is 5.02 Å². The maximum Gasteiger partial charge on any atom is 0.239 e. The van der Waals surface area contributed by atoms with Crippen molar-refractivity contribution >= 4 is 54.9 Å². The topological polar surface area (TPSA) is 83.6 Å². The second kappa shape index (κ2) is 10.4. The van der Waals surface area contributed by atoms with Gasteiger partial charge in [-0.1, -0.05) is 70.0 Å². The maximum absolute atomic E-state index is 12.9. The van der Waals surface area contributed by atoms with Gasteiger partial charge in [-0.05, 0) is 35.9 Å². The Balaban J connectivity index is 1.81. The molecule has 1 amide bonds. The van der Waals surface area contributed by atoms with Crippen LogP contribution in [0.15, 0.2) is 77.3 Å². The van der Waals surface area contributed by atoms with Crippen molar-refractivity contribution in [2.45, 2.75) is 6.54 Å². The van der Waals surface area contributed by atoms with E-state index in [1.165, 1.54) is 12.1 Å². The summed E-state index contributed by atoms with van der Waals surface area (Å²) in [6, 6.07) is 20.3. The summed E-state index contributed by atoms with van der Waals surface area (Å²) >= 11 is 9.41. The minimum absolute atomic E-state index is 0.0377. The van der Waals surface area contributed by atoms with Crippen LogP contribution in [-0.4, -0.2) is 37.2 Å². The van der Waals surface area contributed by atoms with Gasteiger partial charge in [0.05, 0.1) is 18.5 Å². The number of sulfonamides is 1. The van der Waals surface area contributed by atoms with Crippen molar-refractivity contribution < 1.29 is 18.0 Å². The summed E-state index contributed by atoms with van der Waals surface area (Å²) in [5, 5.41) is 3.00. The molecule has 0 unspecified atom stereocenters. The molecule has 0 aliphatic rings. The van der Waals surface area contributed by atoms with Gasteiger partial charge in [0.25, 0.3) is 0 Å². The average molecular weight is 536 g/mol. The quantitative estimate of drug-likeness (QED) is 0.423. The zero-order valence-electron chi connectivity index (χ0n) is 17.1. The number of ketones is 1. The third-order valence-electron chi connectivity index (χ3n) is 4.60. The lowest BCUT2D eigenvalue weighted by molar-refractivity contribution is -0.116. The molecule has 0 aromatic heterocycles. The molecule has 6 nitrogen and oxygen atoms in total. The molecule has 0 aliphatic heterocycles. The van der Waals surface area contributed by atoms with E-state index in [2.05, 4.69) is 21.2 Å². The zero-order valence-corrected chi connectivity index (χ0v) is 20.2. The number of amides is 1. The normalized spacial score (nSPS) is 11.4. The summed E-state index contributed by atoms with van der Waals surface area (Å²) in [4.78, 5) is 25.7. The maximum atomic E-state index is 12.9. The van der Waals surface area contributed by atoms with Crippen LogP contribution in [0, 0.1) is 0 Å². The van der Waals surface area contributed by atoms with Gasteiger partial charge in [-0.2, -0.15) is 4.31 Å². The molecule has 0 fully saturated rings. The van der Waals surface area contributed by atoms with Gasteiger partial charge in [0.1, 0.15) is 0 Å². The number of anilines is 1. The summed E-state index contributed by atoms with van der Waals surface area (Å²) in [5.41, 5.74) is 1.65. The lowest BCUT2D eigenvalue weighted by atomic mass is 10.0. The van der Waals surface area contributed by atoms with Gasteiger partial charge in [0.15, 0.2) is 5.78 Å². The van der Waals surface area contributed by atoms with Crippen molar-refractivity contribution in [3.8, 4) is 0 Å². The number of carbonyl (C=O) groups is 2. The third kappa shape index (κ3) is 6.49. The van der Waals surface area contributed by atoms with E-state index in [0.717, 1.165) is 20.6 Å². The van der Waals surface area contributed by atoms with Crippen LogP contribution in [0.1, 0.15) is 21.5 Å². The van der Waals surface area contributed by atoms with Crippen molar-refractivity contribution in [1.82, 2.24) is 4.31 Å². The first kappa shape index (κ1) is 24.1. The fraction of sp³-hybridized carbons (Fsp3) is 0.130. The molecule has 3 aromatic carbocycles. The van der Waals surface area contributed by atoms with Gasteiger partial charge >= 0.3 is 0 Å². The molecule has 9 heteroatoms. The van der Waals surface area contributed by atoms with E-state index in [-0.39, 0.29) is 23.6 Å². The molecule has 0 bridgehead atoms. The van der Waals surface area contributed by atoms with Crippen LogP contribution in [0.25, 0.3) is 0 Å². The highest BCUT2D eigenvalue weighted by molar-refractivity contribution is 9.10. The van der Waals surface area contributed by atoms with Crippen LogP contribution in [-0.2, 0) is 21.4 Å². The van der Waals surface area contributed by atoms with Gasteiger partial charge in [-0.3, -0.25) is 9.59 Å². The molecule has 0 heterocycles. The fourth-order valence-electron chi connectivity index (χ4n) is 2.99. The number of rotatable bonds is 8. The van der Waals surface area contributed by atoms with E-state index in [4.69, 9.17) is 11.6 Å². The van der Waals surface area contributed by atoms with E-state index in [0.29, 0.717) is 10.6 Å². The van der Waals surface area contributed by atoms with Crippen molar-refractivity contribution in [3.05, 3.63) is 99.0 Å². The lowest BCUT2D eigenvalue weighted by Crippen LogP contribution is -2.37. The Morgan fingerprint density at radius 1 is 1.00 bits per heavy atom. The standard InChI is InChI=1S/C23H20BrClN2O4S/c1-32(30,31)27(14-16-7-9-18(24)10-8-16)15-22(28)26-21-12-11-19(25)13-20(21)23(29)17-5-3-2-4-6-17/h2-13H,14-15H2,1H3,(H,26,28). The molecule has 32 heavy (non-hydrogen) atoms. The minimum Gasteiger partial charge on any atom is -0.324 e. The Labute approximate surface area is 200 Å². The van der Waals surface area contributed by atoms with Gasteiger partial charge in [-0.15, -0.1) is 0 Å². The van der Waals surface area contributed by atoms with Crippen LogP contribution >= 0.6 is 27.5 Å². The zero-order chi connectivity index (χ0) is 23.3. The average Bonchev–Trinajstić information content (AvgIpc) is 2.75. The van der Waals surface area contributed by atoms with E-state index in [1.807, 2.05) is 0 Å². The molecular formula is C23H20BrClN2O4S. The predicted octanol–water partition coefficient (Wildman–Crippen LogP) is 4.73. The highest BCUT2D eigenvalue weighted by Gasteiger charge is 2.22. The lowest BCUT2D eigenvalue weighted by Gasteiger charge is -2.20. The van der Waals surface area contributed by atoms with Crippen LogP contribution in [0.5, 0.6) is 0 Å². The van der Waals surface area contributed by atoms with Crippen molar-refractivity contribution in [1.29, 1.82) is 0 Å². The van der Waals surface area contributed by atoms with E-state index in [1.54, 1.807) is 60.7 Å². The summed E-state index contributed by atoms with van der Waals surface area (Å²) in [7, 11) is -3.66. The second-order valence-electron chi connectivity index (χ2n) is 7.09. The molecule has 3 rings (SSSR count). The summed E-state index contributed by atoms with van der Waals surface area (Å²) in [6.45, 7) is -0.369. The first-order chi connectivity index (χ1) is 15.1. The number of benzene rings is 3. The number of hydrogen-bond donors (Lipinski definition) is 1. The first-order valence-electron chi connectivity index (χ1n) is 9.52. The number of hydrogen-bond acceptors (Lipinski definition) is 4. The van der Waals surface area contributed by atoms with Crippen LogP contribution in [0.3, 0.4) is 0 Å². The second-order valence-corrected chi connectivity index (χ2v) is 10.4. The van der Waals surface area contributed by atoms with Gasteiger partial charge in [0, 0.05) is 27.2 Å². The van der Waals surface area contributed by atoms with E-state index >= 15 is 0 Å². The molecule has 1 N–H and O–H groups in total. The van der Waals surface area contributed by atoms with E-state index in [9.17, 15) is 18.0 Å². The molecule has 0 atom stereocenters. The fourth-order valence-corrected chi connectivity index (χ4v) is 4.16. The molecule has 3 aromatic rings. The molecular weight excluding hydrogens is 516 g/mol. The Morgan fingerprint density at radius 2 is 1.66 bits per heavy atom. The smallest absolute Gasteiger partial charge is 0.239 e. The summed E-state index contributed by atoms with van der Waals surface area (Å²) in [5.74, 6) is -0.879. The van der Waals surface area contributed by atoms with Crippen LogP contribution < -0.4 is 5.32 Å². The summed E-state index contributed by atoms with van der Waals surface area (Å²) in [6.07, 6.45) is 1.05. The van der Waals surface area contributed by atoms with Crippen molar-refractivity contribution in [2.75, 3.05) is 18.1 Å². The number of nitrogens with zero attached hydrogens (tertiary/aromatic N) is 1. The highest BCUT2D eigenvalue weighted by atomic mass is 79.9. The Morgan fingerprint density at radius 3 is 2.28 bits per heavy atom. The van der Waals surface area contributed by atoms with Gasteiger partial charge < -0.3 is 5.32 Å². The molecule has 0 spiro atoms. The van der Waals surface area contributed by atoms with Crippen molar-refractivity contribution in [3.63, 3.8) is 0 Å². The summed E-state index contributed by atoms with van der Waals surface area (Å²) < 4.78 is 26.5. The van der Waals surface area contributed by atoms with E-state index < -0.39 is 22.5 Å². The van der Waals surface area contributed by atoms with Crippen molar-refractivity contribution in [2.24, 2.45) is 0 Å². The number of nitrogens with one attached hydrogen (secondary N) is 1. The Bertz CT molecular complexity index is 1230. The largest absolute Gasteiger partial charge is 0.324 e. The number of halogens is 2. The Hall–Kier alpha value is -2.52. The number of carbonyl (C=O) groups excluding carboxylic acids is 2. The molecule has 166 valence electrons.